The summed E-state index contributed by atoms with van der Waals surface area (Å²) in [7, 11) is 1.60. The number of para-hydroxylation sites is 1. The number of morpholine rings is 1. The number of rotatable bonds is 5. The van der Waals surface area contributed by atoms with Crippen LogP contribution in [0.4, 0.5) is 4.39 Å². The number of pyridine rings is 1. The third-order valence-electron chi connectivity index (χ3n) is 4.60. The predicted molar refractivity (Wildman–Crippen MR) is 96.0 cm³/mol. The molecule has 1 aliphatic heterocycles. The van der Waals surface area contributed by atoms with Gasteiger partial charge in [-0.05, 0) is 22.6 Å². The molecule has 1 amide bonds. The molecule has 0 saturated carbocycles. The maximum absolute atomic E-state index is 14.0. The summed E-state index contributed by atoms with van der Waals surface area (Å²) in [5, 5.41) is 12.3. The smallest absolute Gasteiger partial charge is 0.272 e. The summed E-state index contributed by atoms with van der Waals surface area (Å²) in [6.45, 7) is 1.97. The molecule has 3 heterocycles. The number of methoxy groups -OCH3 is 1. The van der Waals surface area contributed by atoms with Crippen molar-refractivity contribution in [3.8, 4) is 0 Å². The standard InChI is InChI=1S/C18H19FN6O3/c1-27-9-8-25-17(21-22-23-25)15-11-24(7-10-28-15)18(26)14-6-5-12-3-2-4-13(19)16(12)20-14/h2-6,15H,7-11H2,1H3. The lowest BCUT2D eigenvalue weighted by atomic mass is 10.1. The molecule has 0 aliphatic carbocycles. The zero-order valence-electron chi connectivity index (χ0n) is 15.3. The van der Waals surface area contributed by atoms with Gasteiger partial charge in [-0.25, -0.2) is 14.1 Å². The van der Waals surface area contributed by atoms with Crippen molar-refractivity contribution in [1.82, 2.24) is 30.1 Å². The van der Waals surface area contributed by atoms with E-state index >= 15 is 0 Å². The highest BCUT2D eigenvalue weighted by Crippen LogP contribution is 2.22. The number of fused-ring (bicyclic) bond motifs is 1. The van der Waals surface area contributed by atoms with Gasteiger partial charge in [0.05, 0.1) is 26.3 Å². The minimum Gasteiger partial charge on any atom is -0.383 e. The predicted octanol–water partition coefficient (Wildman–Crippen LogP) is 1.22. The number of carbonyl (C=O) groups excluding carboxylic acids is 1. The number of ether oxygens (including phenoxy) is 2. The normalized spacial score (nSPS) is 17.2. The fourth-order valence-corrected chi connectivity index (χ4v) is 3.16. The topological polar surface area (TPSA) is 95.3 Å². The van der Waals surface area contributed by atoms with Crippen LogP contribution in [0, 0.1) is 5.82 Å². The highest BCUT2D eigenvalue weighted by atomic mass is 19.1. The summed E-state index contributed by atoms with van der Waals surface area (Å²) in [4.78, 5) is 18.8. The zero-order valence-corrected chi connectivity index (χ0v) is 15.3. The van der Waals surface area contributed by atoms with Crippen LogP contribution < -0.4 is 0 Å². The monoisotopic (exact) mass is 386 g/mol. The van der Waals surface area contributed by atoms with E-state index in [1.165, 1.54) is 6.07 Å². The molecule has 0 spiro atoms. The third kappa shape index (κ3) is 3.56. The molecule has 4 rings (SSSR count). The van der Waals surface area contributed by atoms with E-state index in [4.69, 9.17) is 9.47 Å². The van der Waals surface area contributed by atoms with Crippen LogP contribution in [0.15, 0.2) is 30.3 Å². The van der Waals surface area contributed by atoms with Crippen LogP contribution in [0.1, 0.15) is 22.4 Å². The van der Waals surface area contributed by atoms with Gasteiger partial charge in [-0.15, -0.1) is 5.10 Å². The van der Waals surface area contributed by atoms with Crippen molar-refractivity contribution >= 4 is 16.8 Å². The van der Waals surface area contributed by atoms with Gasteiger partial charge in [-0.3, -0.25) is 4.79 Å². The van der Waals surface area contributed by atoms with E-state index in [0.717, 1.165) is 0 Å². The number of amides is 1. The third-order valence-corrected chi connectivity index (χ3v) is 4.60. The Labute approximate surface area is 160 Å². The molecule has 2 aromatic heterocycles. The lowest BCUT2D eigenvalue weighted by molar-refractivity contribution is -0.0293. The lowest BCUT2D eigenvalue weighted by Gasteiger charge is -2.32. The highest BCUT2D eigenvalue weighted by molar-refractivity contribution is 5.95. The van der Waals surface area contributed by atoms with Gasteiger partial charge >= 0.3 is 0 Å². The maximum atomic E-state index is 14.0. The molecule has 10 heteroatoms. The average Bonchev–Trinajstić information content (AvgIpc) is 3.20. The van der Waals surface area contributed by atoms with Gasteiger partial charge in [0.1, 0.15) is 23.1 Å². The van der Waals surface area contributed by atoms with E-state index in [1.807, 2.05) is 0 Å². The van der Waals surface area contributed by atoms with Crippen LogP contribution in [-0.2, 0) is 16.0 Å². The van der Waals surface area contributed by atoms with E-state index in [-0.39, 0.29) is 23.7 Å². The number of hydrogen-bond acceptors (Lipinski definition) is 7. The Bertz CT molecular complexity index is 994. The lowest BCUT2D eigenvalue weighted by Crippen LogP contribution is -2.43. The van der Waals surface area contributed by atoms with Crippen molar-refractivity contribution < 1.29 is 18.7 Å². The van der Waals surface area contributed by atoms with Gasteiger partial charge in [0.15, 0.2) is 5.82 Å². The first-order valence-electron chi connectivity index (χ1n) is 8.88. The average molecular weight is 386 g/mol. The second-order valence-electron chi connectivity index (χ2n) is 6.37. The van der Waals surface area contributed by atoms with E-state index in [2.05, 4.69) is 20.5 Å². The largest absolute Gasteiger partial charge is 0.383 e. The van der Waals surface area contributed by atoms with E-state index in [9.17, 15) is 9.18 Å². The Morgan fingerprint density at radius 3 is 3.11 bits per heavy atom. The van der Waals surface area contributed by atoms with Gasteiger partial charge in [-0.1, -0.05) is 18.2 Å². The SMILES string of the molecule is COCCn1nnnc1C1CN(C(=O)c2ccc3cccc(F)c3n2)CCO1. The summed E-state index contributed by atoms with van der Waals surface area (Å²) in [5.74, 6) is -0.203. The molecule has 1 fully saturated rings. The molecule has 146 valence electrons. The van der Waals surface area contributed by atoms with Gasteiger partial charge in [0.2, 0.25) is 0 Å². The van der Waals surface area contributed by atoms with E-state index < -0.39 is 11.9 Å². The first-order valence-corrected chi connectivity index (χ1v) is 8.88. The Kier molecular flexibility index (Phi) is 5.22. The van der Waals surface area contributed by atoms with Crippen molar-refractivity contribution in [2.24, 2.45) is 0 Å². The molecule has 0 radical (unpaired) electrons. The van der Waals surface area contributed by atoms with Crippen molar-refractivity contribution in [1.29, 1.82) is 0 Å². The van der Waals surface area contributed by atoms with Crippen LogP contribution >= 0.6 is 0 Å². The molecular formula is C18H19FN6O3. The minimum atomic E-state index is -0.457. The van der Waals surface area contributed by atoms with Crippen LogP contribution in [0.2, 0.25) is 0 Å². The molecule has 1 aliphatic rings. The first-order chi connectivity index (χ1) is 13.7. The molecule has 28 heavy (non-hydrogen) atoms. The second kappa shape index (κ2) is 7.95. The number of nitrogens with zero attached hydrogens (tertiary/aromatic N) is 6. The Hall–Kier alpha value is -2.98. The fourth-order valence-electron chi connectivity index (χ4n) is 3.16. The number of tetrazole rings is 1. The number of halogens is 1. The molecular weight excluding hydrogens is 367 g/mol. The zero-order chi connectivity index (χ0) is 19.5. The van der Waals surface area contributed by atoms with Gasteiger partial charge < -0.3 is 14.4 Å². The van der Waals surface area contributed by atoms with Crippen LogP contribution in [0.3, 0.4) is 0 Å². The Morgan fingerprint density at radius 2 is 2.25 bits per heavy atom. The molecule has 9 nitrogen and oxygen atoms in total. The van der Waals surface area contributed by atoms with E-state index in [1.54, 1.807) is 41.0 Å². The second-order valence-corrected chi connectivity index (χ2v) is 6.37. The van der Waals surface area contributed by atoms with Crippen molar-refractivity contribution in [2.45, 2.75) is 12.6 Å². The molecule has 1 unspecified atom stereocenters. The van der Waals surface area contributed by atoms with Crippen LogP contribution in [0.5, 0.6) is 0 Å². The number of benzene rings is 1. The summed E-state index contributed by atoms with van der Waals surface area (Å²) < 4.78 is 26.5. The highest BCUT2D eigenvalue weighted by Gasteiger charge is 2.30. The van der Waals surface area contributed by atoms with Gasteiger partial charge in [0, 0.05) is 19.0 Å². The maximum Gasteiger partial charge on any atom is 0.272 e. The quantitative estimate of drug-likeness (QED) is 0.651. The molecule has 3 aromatic rings. The van der Waals surface area contributed by atoms with Gasteiger partial charge in [-0.2, -0.15) is 0 Å². The number of hydrogen-bond donors (Lipinski definition) is 0. The van der Waals surface area contributed by atoms with Crippen molar-refractivity contribution in [3.63, 3.8) is 0 Å². The summed E-state index contributed by atoms with van der Waals surface area (Å²) in [5.41, 5.74) is 0.374. The molecule has 1 aromatic carbocycles. The van der Waals surface area contributed by atoms with Gasteiger partial charge in [0.25, 0.3) is 5.91 Å². The summed E-state index contributed by atoms with van der Waals surface area (Å²) in [6, 6.07) is 8.00. The molecule has 0 N–H and O–H groups in total. The molecule has 1 saturated heterocycles. The summed E-state index contributed by atoms with van der Waals surface area (Å²) in [6.07, 6.45) is -0.457. The van der Waals surface area contributed by atoms with E-state index in [0.29, 0.717) is 37.5 Å². The first kappa shape index (κ1) is 18.4. The fraction of sp³-hybridized carbons (Fsp3) is 0.389. The van der Waals surface area contributed by atoms with Crippen molar-refractivity contribution in [2.75, 3.05) is 33.4 Å². The Morgan fingerprint density at radius 1 is 1.36 bits per heavy atom. The van der Waals surface area contributed by atoms with Crippen LogP contribution in [0.25, 0.3) is 10.9 Å². The molecule has 1 atom stereocenters. The van der Waals surface area contributed by atoms with Crippen molar-refractivity contribution in [3.05, 3.63) is 47.7 Å². The number of carbonyl (C=O) groups is 1. The summed E-state index contributed by atoms with van der Waals surface area (Å²) >= 11 is 0. The number of aromatic nitrogens is 5. The van der Waals surface area contributed by atoms with Crippen LogP contribution in [-0.4, -0.2) is 69.4 Å². The molecule has 0 bridgehead atoms. The minimum absolute atomic E-state index is 0.182. The Balaban J connectivity index is 1.54.